The van der Waals surface area contributed by atoms with Crippen LogP contribution < -0.4 is 15.2 Å². The lowest BCUT2D eigenvalue weighted by Crippen LogP contribution is -2.04. The average molecular weight is 233 g/mol. The molecule has 0 spiro atoms. The molecule has 0 fully saturated rings. The largest absolute Gasteiger partial charge is 0.493 e. The number of fused-ring (bicyclic) bond motifs is 2. The van der Waals surface area contributed by atoms with Crippen LogP contribution in [0.2, 0.25) is 0 Å². The molecule has 0 saturated carbocycles. The molecule has 2 N–H and O–H groups in total. The number of rotatable bonds is 3. The maximum atomic E-state index is 5.84. The summed E-state index contributed by atoms with van der Waals surface area (Å²) in [4.78, 5) is 0. The third-order valence-electron chi connectivity index (χ3n) is 3.81. The minimum absolute atomic E-state index is 0.734. The molecular formula is C14H19NO2. The van der Waals surface area contributed by atoms with Crippen molar-refractivity contribution in [3.05, 3.63) is 22.3 Å². The lowest BCUT2D eigenvalue weighted by atomic mass is 9.92. The van der Waals surface area contributed by atoms with Gasteiger partial charge in [0.25, 0.3) is 0 Å². The molecule has 0 bridgehead atoms. The van der Waals surface area contributed by atoms with E-state index < -0.39 is 0 Å². The number of hydrogen-bond acceptors (Lipinski definition) is 3. The Morgan fingerprint density at radius 3 is 2.53 bits per heavy atom. The Morgan fingerprint density at radius 1 is 1.06 bits per heavy atom. The summed E-state index contributed by atoms with van der Waals surface area (Å²) < 4.78 is 11.6. The first-order chi connectivity index (χ1) is 8.33. The van der Waals surface area contributed by atoms with E-state index in [1.54, 1.807) is 0 Å². The van der Waals surface area contributed by atoms with Crippen molar-refractivity contribution in [3.63, 3.8) is 0 Å². The van der Waals surface area contributed by atoms with Gasteiger partial charge >= 0.3 is 0 Å². The highest BCUT2D eigenvalue weighted by molar-refractivity contribution is 5.61. The first-order valence-corrected chi connectivity index (χ1v) is 6.45. The van der Waals surface area contributed by atoms with Gasteiger partial charge in [-0.3, -0.25) is 0 Å². The molecule has 0 atom stereocenters. The molecule has 1 aromatic rings. The molecule has 3 rings (SSSR count). The zero-order valence-electron chi connectivity index (χ0n) is 10.3. The number of benzene rings is 1. The Bertz CT molecular complexity index is 419. The fraction of sp³-hybridized carbons (Fsp3) is 0.571. The first kappa shape index (κ1) is 10.9. The molecule has 1 aromatic carbocycles. The van der Waals surface area contributed by atoms with Crippen LogP contribution in [0.25, 0.3) is 0 Å². The van der Waals surface area contributed by atoms with E-state index >= 15 is 0 Å². The van der Waals surface area contributed by atoms with Gasteiger partial charge in [-0.25, -0.2) is 0 Å². The van der Waals surface area contributed by atoms with Crippen molar-refractivity contribution in [2.75, 3.05) is 19.8 Å². The van der Waals surface area contributed by atoms with Crippen molar-refractivity contribution < 1.29 is 9.47 Å². The van der Waals surface area contributed by atoms with E-state index in [1.165, 1.54) is 22.3 Å². The van der Waals surface area contributed by atoms with Gasteiger partial charge in [-0.15, -0.1) is 0 Å². The summed E-state index contributed by atoms with van der Waals surface area (Å²) in [5.74, 6) is 2.27. The normalized spacial score (nSPS) is 16.4. The van der Waals surface area contributed by atoms with Gasteiger partial charge in [0.05, 0.1) is 13.2 Å². The van der Waals surface area contributed by atoms with Crippen molar-refractivity contribution >= 4 is 0 Å². The van der Waals surface area contributed by atoms with Crippen LogP contribution in [-0.4, -0.2) is 19.8 Å². The molecule has 3 nitrogen and oxygen atoms in total. The van der Waals surface area contributed by atoms with Gasteiger partial charge in [0.15, 0.2) is 0 Å². The number of nitrogens with two attached hydrogens (primary N) is 1. The van der Waals surface area contributed by atoms with Crippen LogP contribution in [0.15, 0.2) is 0 Å². The van der Waals surface area contributed by atoms with E-state index in [0.717, 1.165) is 56.9 Å². The SMILES string of the molecule is Cc1c2c(c(CCCN)c3c1OCC3)OCC2. The van der Waals surface area contributed by atoms with Crippen molar-refractivity contribution in [2.45, 2.75) is 32.6 Å². The summed E-state index contributed by atoms with van der Waals surface area (Å²) in [5, 5.41) is 0. The van der Waals surface area contributed by atoms with Gasteiger partial charge in [0, 0.05) is 29.5 Å². The zero-order valence-corrected chi connectivity index (χ0v) is 10.3. The fourth-order valence-corrected chi connectivity index (χ4v) is 2.98. The summed E-state index contributed by atoms with van der Waals surface area (Å²) in [6.07, 6.45) is 4.08. The van der Waals surface area contributed by atoms with Gasteiger partial charge in [-0.2, -0.15) is 0 Å². The summed E-state index contributed by atoms with van der Waals surface area (Å²) in [6, 6.07) is 0. The topological polar surface area (TPSA) is 44.5 Å². The van der Waals surface area contributed by atoms with Crippen LogP contribution >= 0.6 is 0 Å². The molecule has 2 aliphatic rings. The molecule has 92 valence electrons. The molecular weight excluding hydrogens is 214 g/mol. The second-order valence-corrected chi connectivity index (χ2v) is 4.81. The fourth-order valence-electron chi connectivity index (χ4n) is 2.98. The Morgan fingerprint density at radius 2 is 1.76 bits per heavy atom. The molecule has 0 unspecified atom stereocenters. The van der Waals surface area contributed by atoms with E-state index in [9.17, 15) is 0 Å². The van der Waals surface area contributed by atoms with Crippen molar-refractivity contribution in [2.24, 2.45) is 5.73 Å². The van der Waals surface area contributed by atoms with Crippen molar-refractivity contribution in [1.82, 2.24) is 0 Å². The minimum atomic E-state index is 0.734. The Hall–Kier alpha value is -1.22. The third kappa shape index (κ3) is 1.61. The van der Waals surface area contributed by atoms with Gasteiger partial charge in [-0.1, -0.05) is 0 Å². The predicted octanol–water partition coefficient (Wildman–Crippen LogP) is 1.76. The standard InChI is InChI=1S/C14H19NO2/c1-9-10-4-7-17-14(10)11(3-2-6-15)12-5-8-16-13(9)12/h2-8,15H2,1H3. The second-order valence-electron chi connectivity index (χ2n) is 4.81. The molecule has 17 heavy (non-hydrogen) atoms. The van der Waals surface area contributed by atoms with Crippen LogP contribution in [0.1, 0.15) is 28.7 Å². The maximum absolute atomic E-state index is 5.84. The molecule has 3 heteroatoms. The van der Waals surface area contributed by atoms with Crippen LogP contribution in [0, 0.1) is 6.92 Å². The van der Waals surface area contributed by atoms with Crippen LogP contribution in [-0.2, 0) is 19.3 Å². The lowest BCUT2D eigenvalue weighted by Gasteiger charge is -2.15. The van der Waals surface area contributed by atoms with E-state index in [2.05, 4.69) is 6.92 Å². The Labute approximate surface area is 102 Å². The number of ether oxygens (including phenoxy) is 2. The molecule has 0 aliphatic carbocycles. The van der Waals surface area contributed by atoms with Gasteiger partial charge in [0.1, 0.15) is 11.5 Å². The number of hydrogen-bond donors (Lipinski definition) is 1. The second kappa shape index (κ2) is 4.22. The molecule has 0 amide bonds. The molecule has 2 aliphatic heterocycles. The molecule has 2 heterocycles. The Kier molecular flexibility index (Phi) is 2.71. The van der Waals surface area contributed by atoms with Gasteiger partial charge in [0.2, 0.25) is 0 Å². The van der Waals surface area contributed by atoms with E-state index in [-0.39, 0.29) is 0 Å². The van der Waals surface area contributed by atoms with Gasteiger partial charge in [-0.05, 0) is 31.9 Å². The molecule has 0 aromatic heterocycles. The highest BCUT2D eigenvalue weighted by Gasteiger charge is 2.28. The van der Waals surface area contributed by atoms with E-state index in [1.807, 2.05) is 0 Å². The first-order valence-electron chi connectivity index (χ1n) is 6.45. The monoisotopic (exact) mass is 233 g/mol. The third-order valence-corrected chi connectivity index (χ3v) is 3.81. The lowest BCUT2D eigenvalue weighted by molar-refractivity contribution is 0.352. The zero-order chi connectivity index (χ0) is 11.8. The highest BCUT2D eigenvalue weighted by Crippen LogP contribution is 2.44. The average Bonchev–Trinajstić information content (AvgIpc) is 2.97. The minimum Gasteiger partial charge on any atom is -0.493 e. The molecule has 0 radical (unpaired) electrons. The maximum Gasteiger partial charge on any atom is 0.126 e. The summed E-state index contributed by atoms with van der Waals surface area (Å²) in [5.41, 5.74) is 11.0. The van der Waals surface area contributed by atoms with Crippen LogP contribution in [0.5, 0.6) is 11.5 Å². The quantitative estimate of drug-likeness (QED) is 0.865. The summed E-state index contributed by atoms with van der Waals surface area (Å²) in [6.45, 7) is 4.52. The van der Waals surface area contributed by atoms with E-state index in [4.69, 9.17) is 15.2 Å². The van der Waals surface area contributed by atoms with Gasteiger partial charge < -0.3 is 15.2 Å². The summed E-state index contributed by atoms with van der Waals surface area (Å²) >= 11 is 0. The smallest absolute Gasteiger partial charge is 0.126 e. The summed E-state index contributed by atoms with van der Waals surface area (Å²) in [7, 11) is 0. The van der Waals surface area contributed by atoms with Crippen LogP contribution in [0.4, 0.5) is 0 Å². The van der Waals surface area contributed by atoms with Crippen molar-refractivity contribution in [1.29, 1.82) is 0 Å². The Balaban J connectivity index is 2.12. The van der Waals surface area contributed by atoms with Crippen LogP contribution in [0.3, 0.4) is 0 Å². The predicted molar refractivity (Wildman–Crippen MR) is 67.0 cm³/mol. The molecule has 0 saturated heterocycles. The highest BCUT2D eigenvalue weighted by atomic mass is 16.5. The van der Waals surface area contributed by atoms with E-state index in [0.29, 0.717) is 0 Å². The van der Waals surface area contributed by atoms with Crippen molar-refractivity contribution in [3.8, 4) is 11.5 Å².